The zero-order chi connectivity index (χ0) is 14.9. The lowest BCUT2D eigenvalue weighted by molar-refractivity contribution is 0.246. The first-order valence-electron chi connectivity index (χ1n) is 5.58. The highest BCUT2D eigenvalue weighted by Gasteiger charge is 2.23. The van der Waals surface area contributed by atoms with Gasteiger partial charge in [-0.2, -0.15) is 0 Å². The van der Waals surface area contributed by atoms with Crippen LogP contribution in [0, 0.1) is 5.92 Å². The molecule has 0 radical (unpaired) electrons. The maximum atomic E-state index is 9.62. The summed E-state index contributed by atoms with van der Waals surface area (Å²) in [5.41, 5.74) is 0.882. The van der Waals surface area contributed by atoms with Crippen molar-refractivity contribution in [3.8, 4) is 11.5 Å². The van der Waals surface area contributed by atoms with E-state index in [9.17, 15) is 5.11 Å². The van der Waals surface area contributed by atoms with Gasteiger partial charge in [-0.25, -0.2) is 0 Å². The quantitative estimate of drug-likeness (QED) is 0.537. The number of ether oxygens (including phenoxy) is 1. The molecule has 0 aliphatic carbocycles. The van der Waals surface area contributed by atoms with E-state index >= 15 is 0 Å². The molecule has 1 N–H and O–H groups in total. The Bertz CT molecular complexity index is 483. The van der Waals surface area contributed by atoms with Crippen LogP contribution in [0.3, 0.4) is 0 Å². The van der Waals surface area contributed by atoms with Crippen LogP contribution in [0.5, 0.6) is 11.5 Å². The van der Waals surface area contributed by atoms with Gasteiger partial charge < -0.3 is 9.84 Å². The first-order valence-corrected chi connectivity index (χ1v) is 7.09. The third-order valence-electron chi connectivity index (χ3n) is 2.76. The normalized spacial score (nSPS) is 12.6. The SMILES string of the molecule is C=C(C(C)C)C(C)Oc1c(Cl)c(Cl)c(O)c(Cl)c1Cl. The molecule has 0 aliphatic rings. The predicted octanol–water partition coefficient (Wildman–Crippen LogP) is 5.99. The summed E-state index contributed by atoms with van der Waals surface area (Å²) in [6.45, 7) is 9.77. The maximum absolute atomic E-state index is 9.62. The standard InChI is InChI=1S/C13H14Cl4O2/c1-5(2)6(3)7(4)19-13-10(16)8(14)12(18)9(15)11(13)17/h5,7,18H,3H2,1-2,4H3. The van der Waals surface area contributed by atoms with E-state index in [2.05, 4.69) is 6.58 Å². The maximum Gasteiger partial charge on any atom is 0.160 e. The van der Waals surface area contributed by atoms with E-state index in [4.69, 9.17) is 51.1 Å². The monoisotopic (exact) mass is 342 g/mol. The molecule has 1 aromatic rings. The van der Waals surface area contributed by atoms with Gasteiger partial charge in [-0.15, -0.1) is 0 Å². The summed E-state index contributed by atoms with van der Waals surface area (Å²) in [5.74, 6) is 0.0297. The molecule has 0 heterocycles. The topological polar surface area (TPSA) is 29.5 Å². The van der Waals surface area contributed by atoms with Crippen LogP contribution >= 0.6 is 46.4 Å². The summed E-state index contributed by atoms with van der Waals surface area (Å²) in [6, 6.07) is 0. The molecule has 1 unspecified atom stereocenters. The minimum absolute atomic E-state index is 0.0250. The Morgan fingerprint density at radius 2 is 1.42 bits per heavy atom. The molecule has 19 heavy (non-hydrogen) atoms. The molecule has 0 aromatic heterocycles. The van der Waals surface area contributed by atoms with Gasteiger partial charge in [0.05, 0.1) is 0 Å². The molecule has 0 aliphatic heterocycles. The Morgan fingerprint density at radius 3 is 1.79 bits per heavy atom. The first kappa shape index (κ1) is 16.8. The van der Waals surface area contributed by atoms with Gasteiger partial charge >= 0.3 is 0 Å². The van der Waals surface area contributed by atoms with Crippen LogP contribution in [0.25, 0.3) is 0 Å². The molecule has 1 aromatic carbocycles. The van der Waals surface area contributed by atoms with E-state index < -0.39 is 0 Å². The van der Waals surface area contributed by atoms with Crippen LogP contribution in [0.1, 0.15) is 20.8 Å². The second-order valence-electron chi connectivity index (χ2n) is 4.42. The second-order valence-corrected chi connectivity index (χ2v) is 5.94. The summed E-state index contributed by atoms with van der Waals surface area (Å²) in [5, 5.41) is 9.49. The first-order chi connectivity index (χ1) is 8.68. The Hall–Kier alpha value is -0.280. The molecular formula is C13H14Cl4O2. The molecule has 0 saturated carbocycles. The molecule has 2 nitrogen and oxygen atoms in total. The van der Waals surface area contributed by atoms with Crippen LogP contribution in [0.4, 0.5) is 0 Å². The zero-order valence-electron chi connectivity index (χ0n) is 10.7. The van der Waals surface area contributed by atoms with Crippen LogP contribution in [0.15, 0.2) is 12.2 Å². The van der Waals surface area contributed by atoms with Crippen molar-refractivity contribution in [3.05, 3.63) is 32.2 Å². The Morgan fingerprint density at radius 1 is 1.00 bits per heavy atom. The fourth-order valence-corrected chi connectivity index (χ4v) is 2.34. The number of rotatable bonds is 4. The van der Waals surface area contributed by atoms with Crippen molar-refractivity contribution in [2.75, 3.05) is 0 Å². The van der Waals surface area contributed by atoms with E-state index in [1.54, 1.807) is 0 Å². The average Bonchev–Trinajstić information content (AvgIpc) is 2.37. The van der Waals surface area contributed by atoms with Gasteiger partial charge in [0.2, 0.25) is 0 Å². The number of hydrogen-bond acceptors (Lipinski definition) is 2. The highest BCUT2D eigenvalue weighted by Crippen LogP contribution is 2.49. The van der Waals surface area contributed by atoms with E-state index in [0.29, 0.717) is 0 Å². The highest BCUT2D eigenvalue weighted by molar-refractivity contribution is 6.50. The Kier molecular flexibility index (Phi) is 5.69. The van der Waals surface area contributed by atoms with Crippen molar-refractivity contribution >= 4 is 46.4 Å². The fraction of sp³-hybridized carbons (Fsp3) is 0.385. The minimum Gasteiger partial charge on any atom is -0.505 e. The Balaban J connectivity index is 3.19. The van der Waals surface area contributed by atoms with Gasteiger partial charge in [0, 0.05) is 0 Å². The minimum atomic E-state index is -0.360. The number of phenolic OH excluding ortho intramolecular Hbond substituents is 1. The van der Waals surface area contributed by atoms with Gasteiger partial charge in [0.25, 0.3) is 0 Å². The summed E-state index contributed by atoms with van der Waals surface area (Å²) in [4.78, 5) is 0. The Labute approximate surface area is 132 Å². The van der Waals surface area contributed by atoms with Crippen molar-refractivity contribution < 1.29 is 9.84 Å². The van der Waals surface area contributed by atoms with Gasteiger partial charge in [-0.05, 0) is 18.4 Å². The highest BCUT2D eigenvalue weighted by atomic mass is 35.5. The van der Waals surface area contributed by atoms with Crippen LogP contribution in [-0.2, 0) is 0 Å². The molecule has 6 heteroatoms. The number of benzene rings is 1. The molecule has 0 saturated heterocycles. The number of phenols is 1. The molecular weight excluding hydrogens is 330 g/mol. The van der Waals surface area contributed by atoms with Gasteiger partial charge in [0.15, 0.2) is 11.5 Å². The number of halogens is 4. The van der Waals surface area contributed by atoms with Crippen molar-refractivity contribution in [1.82, 2.24) is 0 Å². The van der Waals surface area contributed by atoms with Crippen molar-refractivity contribution in [2.24, 2.45) is 5.92 Å². The average molecular weight is 344 g/mol. The van der Waals surface area contributed by atoms with E-state index in [1.807, 2.05) is 20.8 Å². The van der Waals surface area contributed by atoms with Crippen LogP contribution in [0.2, 0.25) is 20.1 Å². The lowest BCUT2D eigenvalue weighted by atomic mass is 10.0. The summed E-state index contributed by atoms with van der Waals surface area (Å²) < 4.78 is 5.67. The summed E-state index contributed by atoms with van der Waals surface area (Å²) in [6.07, 6.45) is -0.313. The molecule has 0 spiro atoms. The zero-order valence-corrected chi connectivity index (χ0v) is 13.8. The van der Waals surface area contributed by atoms with Crippen LogP contribution < -0.4 is 4.74 Å². The third-order valence-corrected chi connectivity index (χ3v) is 4.41. The molecule has 1 atom stereocenters. The largest absolute Gasteiger partial charge is 0.505 e. The van der Waals surface area contributed by atoms with E-state index in [1.165, 1.54) is 0 Å². The van der Waals surface area contributed by atoms with Crippen molar-refractivity contribution in [3.63, 3.8) is 0 Å². The van der Waals surface area contributed by atoms with E-state index in [0.717, 1.165) is 5.57 Å². The molecule has 0 amide bonds. The lowest BCUT2D eigenvalue weighted by Crippen LogP contribution is -2.18. The van der Waals surface area contributed by atoms with Crippen molar-refractivity contribution in [1.29, 1.82) is 0 Å². The predicted molar refractivity (Wildman–Crippen MR) is 82.2 cm³/mol. The molecule has 0 bridgehead atoms. The molecule has 1 rings (SSSR count). The third kappa shape index (κ3) is 3.43. The van der Waals surface area contributed by atoms with Gasteiger partial charge in [0.1, 0.15) is 26.2 Å². The van der Waals surface area contributed by atoms with Crippen molar-refractivity contribution in [2.45, 2.75) is 26.9 Å². The number of hydrogen-bond donors (Lipinski definition) is 1. The lowest BCUT2D eigenvalue weighted by Gasteiger charge is -2.22. The summed E-state index contributed by atoms with van der Waals surface area (Å²) >= 11 is 23.7. The van der Waals surface area contributed by atoms with Gasteiger partial charge in [-0.1, -0.05) is 66.8 Å². The van der Waals surface area contributed by atoms with E-state index in [-0.39, 0.29) is 43.6 Å². The van der Waals surface area contributed by atoms with Gasteiger partial charge in [-0.3, -0.25) is 0 Å². The smallest absolute Gasteiger partial charge is 0.160 e. The fourth-order valence-electron chi connectivity index (χ4n) is 1.43. The molecule has 0 fully saturated rings. The summed E-state index contributed by atoms with van der Waals surface area (Å²) in [7, 11) is 0. The second kappa shape index (κ2) is 6.45. The number of aromatic hydroxyl groups is 1. The van der Waals surface area contributed by atoms with Crippen LogP contribution in [-0.4, -0.2) is 11.2 Å². The molecule has 106 valence electrons.